The molecule has 0 saturated carbocycles. The Bertz CT molecular complexity index is 957. The highest BCUT2D eigenvalue weighted by Crippen LogP contribution is 2.36. The van der Waals surface area contributed by atoms with Crippen LogP contribution in [0.1, 0.15) is 18.1 Å². The normalized spacial score (nSPS) is 14.7. The van der Waals surface area contributed by atoms with Crippen LogP contribution in [0.25, 0.3) is 6.08 Å². The van der Waals surface area contributed by atoms with Crippen molar-refractivity contribution >= 4 is 55.8 Å². The van der Waals surface area contributed by atoms with Gasteiger partial charge in [0.25, 0.3) is 0 Å². The molecule has 0 unspecified atom stereocenters. The van der Waals surface area contributed by atoms with E-state index in [0.717, 1.165) is 0 Å². The number of nitrogens with zero attached hydrogens (tertiary/aromatic N) is 1. The van der Waals surface area contributed by atoms with Crippen LogP contribution in [-0.4, -0.2) is 24.9 Å². The van der Waals surface area contributed by atoms with Gasteiger partial charge in [-0.2, -0.15) is 0 Å². The molecule has 0 aliphatic carbocycles. The number of methoxy groups -OCH3 is 1. The van der Waals surface area contributed by atoms with Gasteiger partial charge < -0.3 is 14.2 Å². The van der Waals surface area contributed by atoms with Crippen LogP contribution in [0.4, 0.5) is 0 Å². The van der Waals surface area contributed by atoms with E-state index in [9.17, 15) is 9.59 Å². The van der Waals surface area contributed by atoms with E-state index in [4.69, 9.17) is 14.2 Å². The second-order valence-electron chi connectivity index (χ2n) is 5.47. The lowest BCUT2D eigenvalue weighted by Gasteiger charge is -2.08. The number of esters is 2. The predicted octanol–water partition coefficient (Wildman–Crippen LogP) is 4.49. The lowest BCUT2D eigenvalue weighted by atomic mass is 10.2. The molecule has 0 atom stereocenters. The van der Waals surface area contributed by atoms with Gasteiger partial charge in [-0.05, 0) is 79.9 Å². The minimum absolute atomic E-state index is 0.167. The van der Waals surface area contributed by atoms with Gasteiger partial charge in [0.1, 0.15) is 5.75 Å². The fraction of sp³-hybridized carbons (Fsp3) is 0.105. The van der Waals surface area contributed by atoms with Crippen molar-refractivity contribution in [3.63, 3.8) is 0 Å². The number of cyclic esters (lactones) is 1. The minimum atomic E-state index is -0.544. The van der Waals surface area contributed by atoms with Gasteiger partial charge in [-0.25, -0.2) is 9.79 Å². The molecule has 0 N–H and O–H groups in total. The summed E-state index contributed by atoms with van der Waals surface area (Å²) in [5.74, 6) is 0.305. The van der Waals surface area contributed by atoms with Crippen LogP contribution < -0.4 is 9.47 Å². The van der Waals surface area contributed by atoms with Gasteiger partial charge in [0.05, 0.1) is 16.1 Å². The molecule has 8 heteroatoms. The Hall–Kier alpha value is -2.45. The molecular formula is C19H13Br2NO5. The summed E-state index contributed by atoms with van der Waals surface area (Å²) in [6.45, 7) is 1.32. The fourth-order valence-electron chi connectivity index (χ4n) is 2.33. The zero-order chi connectivity index (χ0) is 19.6. The number of ether oxygens (including phenoxy) is 3. The van der Waals surface area contributed by atoms with Crippen molar-refractivity contribution in [1.82, 2.24) is 0 Å². The topological polar surface area (TPSA) is 74.2 Å². The highest BCUT2D eigenvalue weighted by Gasteiger charge is 2.24. The highest BCUT2D eigenvalue weighted by atomic mass is 79.9. The third-order valence-electron chi connectivity index (χ3n) is 3.53. The van der Waals surface area contributed by atoms with E-state index >= 15 is 0 Å². The molecule has 0 radical (unpaired) electrons. The SMILES string of the molecule is COc1ccc(C2=N/C(=C\c3cc(Br)c(OC(C)=O)c(Br)c3)C(=O)O2)cc1. The Morgan fingerprint density at radius 1 is 1.15 bits per heavy atom. The molecule has 138 valence electrons. The van der Waals surface area contributed by atoms with Crippen molar-refractivity contribution in [2.45, 2.75) is 6.92 Å². The van der Waals surface area contributed by atoms with Gasteiger partial charge in [-0.3, -0.25) is 4.79 Å². The maximum Gasteiger partial charge on any atom is 0.363 e. The lowest BCUT2D eigenvalue weighted by Crippen LogP contribution is -2.05. The number of aliphatic imine (C=N–C) groups is 1. The second kappa shape index (κ2) is 8.06. The second-order valence-corrected chi connectivity index (χ2v) is 7.18. The summed E-state index contributed by atoms with van der Waals surface area (Å²) in [7, 11) is 1.58. The largest absolute Gasteiger partial charge is 0.497 e. The molecule has 1 heterocycles. The molecule has 6 nitrogen and oxygen atoms in total. The summed E-state index contributed by atoms with van der Waals surface area (Å²) in [5.41, 5.74) is 1.51. The number of hydrogen-bond donors (Lipinski definition) is 0. The van der Waals surface area contributed by atoms with E-state index < -0.39 is 11.9 Å². The van der Waals surface area contributed by atoms with Crippen LogP contribution in [0.15, 0.2) is 56.0 Å². The Kier molecular flexibility index (Phi) is 5.76. The van der Waals surface area contributed by atoms with Gasteiger partial charge >= 0.3 is 11.9 Å². The van der Waals surface area contributed by atoms with Gasteiger partial charge in [0.2, 0.25) is 5.90 Å². The summed E-state index contributed by atoms with van der Waals surface area (Å²) < 4.78 is 16.6. The standard InChI is InChI=1S/C19H13Br2NO5/c1-10(23)26-17-14(20)7-11(8-15(17)21)9-16-19(24)27-18(22-16)12-3-5-13(25-2)6-4-12/h3-9H,1-2H3/b16-9-. The molecule has 2 aromatic rings. The molecule has 3 rings (SSSR count). The Morgan fingerprint density at radius 3 is 2.33 bits per heavy atom. The van der Waals surface area contributed by atoms with E-state index in [-0.39, 0.29) is 11.6 Å². The van der Waals surface area contributed by atoms with E-state index in [1.807, 2.05) is 0 Å². The smallest absolute Gasteiger partial charge is 0.363 e. The van der Waals surface area contributed by atoms with Gasteiger partial charge in [0.15, 0.2) is 11.4 Å². The number of carbonyl (C=O) groups excluding carboxylic acids is 2. The van der Waals surface area contributed by atoms with Gasteiger partial charge in [-0.1, -0.05) is 0 Å². The van der Waals surface area contributed by atoms with Crippen LogP contribution in [0.3, 0.4) is 0 Å². The van der Waals surface area contributed by atoms with E-state index in [0.29, 0.717) is 31.6 Å². The zero-order valence-corrected chi connectivity index (χ0v) is 17.5. The molecule has 0 aromatic heterocycles. The quantitative estimate of drug-likeness (QED) is 0.355. The lowest BCUT2D eigenvalue weighted by molar-refractivity contribution is -0.132. The first-order chi connectivity index (χ1) is 12.9. The molecule has 0 fully saturated rings. The van der Waals surface area contributed by atoms with Crippen molar-refractivity contribution in [2.75, 3.05) is 7.11 Å². The van der Waals surface area contributed by atoms with E-state index in [1.165, 1.54) is 6.92 Å². The maximum atomic E-state index is 12.1. The van der Waals surface area contributed by atoms with Gasteiger partial charge in [-0.15, -0.1) is 0 Å². The summed E-state index contributed by atoms with van der Waals surface area (Å²) in [6.07, 6.45) is 1.59. The van der Waals surface area contributed by atoms with Crippen LogP contribution >= 0.6 is 31.9 Å². The summed E-state index contributed by atoms with van der Waals surface area (Å²) >= 11 is 6.71. The van der Waals surface area contributed by atoms with Crippen molar-refractivity contribution in [3.05, 3.63) is 62.2 Å². The predicted molar refractivity (Wildman–Crippen MR) is 107 cm³/mol. The van der Waals surface area contributed by atoms with Gasteiger partial charge in [0, 0.05) is 12.5 Å². The maximum absolute atomic E-state index is 12.1. The van der Waals surface area contributed by atoms with Crippen LogP contribution in [0, 0.1) is 0 Å². The Morgan fingerprint density at radius 2 is 1.78 bits per heavy atom. The third kappa shape index (κ3) is 4.45. The molecule has 2 aromatic carbocycles. The fourth-order valence-corrected chi connectivity index (χ4v) is 3.71. The molecule has 27 heavy (non-hydrogen) atoms. The summed E-state index contributed by atoms with van der Waals surface area (Å²) in [4.78, 5) is 27.6. The number of halogens is 2. The Balaban J connectivity index is 1.91. The zero-order valence-electron chi connectivity index (χ0n) is 14.3. The molecule has 0 saturated heterocycles. The van der Waals surface area contributed by atoms with Crippen molar-refractivity contribution in [2.24, 2.45) is 4.99 Å². The number of hydrogen-bond acceptors (Lipinski definition) is 6. The molecule has 0 bridgehead atoms. The Labute approximate surface area is 172 Å². The van der Waals surface area contributed by atoms with E-state index in [2.05, 4.69) is 36.9 Å². The molecule has 0 amide bonds. The summed E-state index contributed by atoms with van der Waals surface area (Å²) in [5, 5.41) is 0. The van der Waals surface area contributed by atoms with Crippen LogP contribution in [-0.2, 0) is 14.3 Å². The third-order valence-corrected chi connectivity index (χ3v) is 4.71. The first-order valence-electron chi connectivity index (χ1n) is 7.72. The van der Waals surface area contributed by atoms with Crippen LogP contribution in [0.2, 0.25) is 0 Å². The average molecular weight is 495 g/mol. The van der Waals surface area contributed by atoms with E-state index in [1.54, 1.807) is 49.6 Å². The number of rotatable bonds is 4. The number of carbonyl (C=O) groups is 2. The monoisotopic (exact) mass is 493 g/mol. The molecule has 0 spiro atoms. The molecule has 1 aliphatic heterocycles. The van der Waals surface area contributed by atoms with Crippen molar-refractivity contribution in [3.8, 4) is 11.5 Å². The molecule has 1 aliphatic rings. The highest BCUT2D eigenvalue weighted by molar-refractivity contribution is 9.11. The van der Waals surface area contributed by atoms with Crippen molar-refractivity contribution < 1.29 is 23.8 Å². The molecular weight excluding hydrogens is 482 g/mol. The van der Waals surface area contributed by atoms with Crippen LogP contribution in [0.5, 0.6) is 11.5 Å². The average Bonchev–Trinajstić information content (AvgIpc) is 2.99. The minimum Gasteiger partial charge on any atom is -0.497 e. The number of benzene rings is 2. The first kappa shape index (κ1) is 19.3. The van der Waals surface area contributed by atoms with Crippen molar-refractivity contribution in [1.29, 1.82) is 0 Å². The summed E-state index contributed by atoms with van der Waals surface area (Å²) in [6, 6.07) is 10.5. The first-order valence-corrected chi connectivity index (χ1v) is 9.30.